The monoisotopic (exact) mass is 266 g/mol. The summed E-state index contributed by atoms with van der Waals surface area (Å²) in [6.07, 6.45) is 5.71. The second-order valence-corrected chi connectivity index (χ2v) is 4.91. The highest BCUT2D eigenvalue weighted by Crippen LogP contribution is 2.20. The molecule has 1 fully saturated rings. The Morgan fingerprint density at radius 3 is 2.63 bits per heavy atom. The summed E-state index contributed by atoms with van der Waals surface area (Å²) in [6, 6.07) is 0. The van der Waals surface area contributed by atoms with Crippen molar-refractivity contribution in [1.29, 1.82) is 0 Å². The van der Waals surface area contributed by atoms with Crippen molar-refractivity contribution in [3.05, 3.63) is 12.4 Å². The van der Waals surface area contributed by atoms with E-state index in [2.05, 4.69) is 27.5 Å². The third kappa shape index (κ3) is 4.33. The van der Waals surface area contributed by atoms with E-state index in [0.717, 1.165) is 18.8 Å². The number of nitrogens with zero attached hydrogens (tertiary/aromatic N) is 2. The van der Waals surface area contributed by atoms with Gasteiger partial charge < -0.3 is 20.5 Å². The van der Waals surface area contributed by atoms with Gasteiger partial charge in [0.2, 0.25) is 0 Å². The first-order valence-electron chi connectivity index (χ1n) is 6.82. The van der Waals surface area contributed by atoms with Gasteiger partial charge in [0.05, 0.1) is 18.0 Å². The molecule has 0 radical (unpaired) electrons. The highest BCUT2D eigenvalue weighted by molar-refractivity contribution is 5.41. The van der Waals surface area contributed by atoms with Crippen LogP contribution in [0.25, 0.3) is 0 Å². The van der Waals surface area contributed by atoms with Crippen molar-refractivity contribution >= 4 is 11.6 Å². The molecule has 0 amide bonds. The van der Waals surface area contributed by atoms with Crippen LogP contribution < -0.4 is 10.6 Å². The Labute approximate surface area is 113 Å². The van der Waals surface area contributed by atoms with Crippen molar-refractivity contribution in [2.75, 3.05) is 36.9 Å². The molecule has 106 valence electrons. The SMILES string of the molecule is CCCNc1cncc(NCC2(O)CCOCC2)n1. The van der Waals surface area contributed by atoms with E-state index in [4.69, 9.17) is 4.74 Å². The predicted molar refractivity (Wildman–Crippen MR) is 74.3 cm³/mol. The summed E-state index contributed by atoms with van der Waals surface area (Å²) in [5.41, 5.74) is -0.702. The van der Waals surface area contributed by atoms with Crippen LogP contribution in [0.15, 0.2) is 12.4 Å². The molecule has 1 aromatic rings. The van der Waals surface area contributed by atoms with E-state index in [1.54, 1.807) is 12.4 Å². The number of rotatable bonds is 6. The second-order valence-electron chi connectivity index (χ2n) is 4.91. The van der Waals surface area contributed by atoms with E-state index in [1.165, 1.54) is 0 Å². The van der Waals surface area contributed by atoms with Gasteiger partial charge in [0.15, 0.2) is 0 Å². The predicted octanol–water partition coefficient (Wildman–Crippen LogP) is 1.25. The summed E-state index contributed by atoms with van der Waals surface area (Å²) in [7, 11) is 0. The van der Waals surface area contributed by atoms with Crippen molar-refractivity contribution in [3.8, 4) is 0 Å². The summed E-state index contributed by atoms with van der Waals surface area (Å²) in [5.74, 6) is 1.44. The molecule has 1 aliphatic heterocycles. The second kappa shape index (κ2) is 6.68. The lowest BCUT2D eigenvalue weighted by atomic mass is 9.94. The third-order valence-electron chi connectivity index (χ3n) is 3.21. The zero-order valence-corrected chi connectivity index (χ0v) is 11.4. The molecule has 2 heterocycles. The maximum Gasteiger partial charge on any atom is 0.147 e. The maximum atomic E-state index is 10.3. The van der Waals surface area contributed by atoms with Crippen molar-refractivity contribution < 1.29 is 9.84 Å². The van der Waals surface area contributed by atoms with Crippen LogP contribution in [0.1, 0.15) is 26.2 Å². The van der Waals surface area contributed by atoms with Crippen LogP contribution in [0, 0.1) is 0 Å². The molecular formula is C13H22N4O2. The number of hydrogen-bond acceptors (Lipinski definition) is 6. The van der Waals surface area contributed by atoms with Crippen molar-refractivity contribution in [2.24, 2.45) is 0 Å². The van der Waals surface area contributed by atoms with Crippen LogP contribution in [0.2, 0.25) is 0 Å². The van der Waals surface area contributed by atoms with Gasteiger partial charge in [0.25, 0.3) is 0 Å². The molecule has 1 aromatic heterocycles. The van der Waals surface area contributed by atoms with Gasteiger partial charge in [-0.1, -0.05) is 6.92 Å². The Bertz CT molecular complexity index is 394. The quantitative estimate of drug-likeness (QED) is 0.719. The van der Waals surface area contributed by atoms with E-state index in [-0.39, 0.29) is 0 Å². The first kappa shape index (κ1) is 14.0. The van der Waals surface area contributed by atoms with E-state index >= 15 is 0 Å². The highest BCUT2D eigenvalue weighted by atomic mass is 16.5. The maximum absolute atomic E-state index is 10.3. The zero-order valence-electron chi connectivity index (χ0n) is 11.4. The minimum Gasteiger partial charge on any atom is -0.388 e. The van der Waals surface area contributed by atoms with Crippen LogP contribution >= 0.6 is 0 Å². The summed E-state index contributed by atoms with van der Waals surface area (Å²) in [6.45, 7) is 4.68. The molecule has 1 saturated heterocycles. The molecule has 0 bridgehead atoms. The van der Waals surface area contributed by atoms with Crippen LogP contribution in [-0.4, -0.2) is 47.0 Å². The Balaban J connectivity index is 1.88. The lowest BCUT2D eigenvalue weighted by Crippen LogP contribution is -2.42. The summed E-state index contributed by atoms with van der Waals surface area (Å²) < 4.78 is 5.25. The minimum atomic E-state index is -0.702. The van der Waals surface area contributed by atoms with Gasteiger partial charge in [-0.05, 0) is 6.42 Å². The molecule has 0 spiro atoms. The molecule has 0 unspecified atom stereocenters. The van der Waals surface area contributed by atoms with E-state index in [0.29, 0.717) is 38.4 Å². The van der Waals surface area contributed by atoms with Gasteiger partial charge in [-0.2, -0.15) is 0 Å². The van der Waals surface area contributed by atoms with Gasteiger partial charge in [0.1, 0.15) is 11.6 Å². The number of aromatic nitrogens is 2. The molecule has 2 rings (SSSR count). The van der Waals surface area contributed by atoms with E-state index in [9.17, 15) is 5.11 Å². The fraction of sp³-hybridized carbons (Fsp3) is 0.692. The molecule has 6 nitrogen and oxygen atoms in total. The number of aliphatic hydroxyl groups is 1. The van der Waals surface area contributed by atoms with Gasteiger partial charge in [-0.25, -0.2) is 4.98 Å². The average Bonchev–Trinajstić information content (AvgIpc) is 2.44. The Morgan fingerprint density at radius 2 is 1.95 bits per heavy atom. The molecular weight excluding hydrogens is 244 g/mol. The highest BCUT2D eigenvalue weighted by Gasteiger charge is 2.29. The van der Waals surface area contributed by atoms with Crippen molar-refractivity contribution in [1.82, 2.24) is 9.97 Å². The summed E-state index contributed by atoms with van der Waals surface area (Å²) >= 11 is 0. The van der Waals surface area contributed by atoms with E-state index < -0.39 is 5.60 Å². The first-order valence-corrected chi connectivity index (χ1v) is 6.82. The normalized spacial score (nSPS) is 18.0. The standard InChI is InChI=1S/C13H22N4O2/c1-2-5-15-11-8-14-9-12(17-11)16-10-13(18)3-6-19-7-4-13/h8-9,18H,2-7,10H2,1H3,(H2,15,16,17). The van der Waals surface area contributed by atoms with Gasteiger partial charge >= 0.3 is 0 Å². The zero-order chi connectivity index (χ0) is 13.6. The van der Waals surface area contributed by atoms with Crippen molar-refractivity contribution in [2.45, 2.75) is 31.8 Å². The van der Waals surface area contributed by atoms with Crippen molar-refractivity contribution in [3.63, 3.8) is 0 Å². The van der Waals surface area contributed by atoms with Crippen LogP contribution in [-0.2, 0) is 4.74 Å². The van der Waals surface area contributed by atoms with Crippen LogP contribution in [0.5, 0.6) is 0 Å². The molecule has 0 aromatic carbocycles. The smallest absolute Gasteiger partial charge is 0.147 e. The lowest BCUT2D eigenvalue weighted by molar-refractivity contribution is -0.0543. The van der Waals surface area contributed by atoms with Crippen LogP contribution in [0.4, 0.5) is 11.6 Å². The molecule has 0 saturated carbocycles. The van der Waals surface area contributed by atoms with Crippen LogP contribution in [0.3, 0.4) is 0 Å². The number of nitrogens with one attached hydrogen (secondary N) is 2. The Morgan fingerprint density at radius 1 is 1.26 bits per heavy atom. The fourth-order valence-corrected chi connectivity index (χ4v) is 1.97. The van der Waals surface area contributed by atoms with Gasteiger partial charge in [-0.3, -0.25) is 4.98 Å². The van der Waals surface area contributed by atoms with E-state index in [1.807, 2.05) is 0 Å². The molecule has 1 aliphatic rings. The number of ether oxygens (including phenoxy) is 1. The largest absolute Gasteiger partial charge is 0.388 e. The topological polar surface area (TPSA) is 79.3 Å². The number of hydrogen-bond donors (Lipinski definition) is 3. The lowest BCUT2D eigenvalue weighted by Gasteiger charge is -2.32. The minimum absolute atomic E-state index is 0.474. The molecule has 19 heavy (non-hydrogen) atoms. The van der Waals surface area contributed by atoms with Gasteiger partial charge in [0, 0.05) is 39.1 Å². The Kier molecular flexibility index (Phi) is 4.93. The molecule has 3 N–H and O–H groups in total. The Hall–Kier alpha value is -1.40. The first-order chi connectivity index (χ1) is 9.22. The molecule has 0 atom stereocenters. The molecule has 0 aliphatic carbocycles. The molecule has 6 heteroatoms. The van der Waals surface area contributed by atoms with Gasteiger partial charge in [-0.15, -0.1) is 0 Å². The summed E-state index contributed by atoms with van der Waals surface area (Å²) in [5, 5.41) is 16.7. The third-order valence-corrected chi connectivity index (χ3v) is 3.21. The summed E-state index contributed by atoms with van der Waals surface area (Å²) in [4.78, 5) is 8.53. The average molecular weight is 266 g/mol. The number of anilines is 2. The fourth-order valence-electron chi connectivity index (χ4n) is 1.97.